The number of aryl methyl sites for hydroxylation is 1. The zero-order valence-electron chi connectivity index (χ0n) is 18.8. The predicted octanol–water partition coefficient (Wildman–Crippen LogP) is 4.26. The third kappa shape index (κ3) is 4.06. The lowest BCUT2D eigenvalue weighted by molar-refractivity contribution is -0.132. The molecule has 34 heavy (non-hydrogen) atoms. The molecule has 1 atom stereocenters. The molecule has 0 radical (unpaired) electrons. The smallest absolute Gasteiger partial charge is 0.350 e. The van der Waals surface area contributed by atoms with Crippen molar-refractivity contribution in [1.29, 1.82) is 0 Å². The van der Waals surface area contributed by atoms with Crippen LogP contribution in [0.3, 0.4) is 0 Å². The van der Waals surface area contributed by atoms with Gasteiger partial charge in [-0.25, -0.2) is 9.78 Å². The number of amides is 1. The molecule has 1 aliphatic heterocycles. The lowest BCUT2D eigenvalue weighted by Gasteiger charge is -2.23. The minimum Gasteiger partial charge on any atom is -0.507 e. The number of hydrogen-bond acceptors (Lipinski definition) is 8. The maximum absolute atomic E-state index is 13.2. The molecule has 9 heteroatoms. The fraction of sp³-hybridized carbons (Fsp3) is 0.200. The molecular weight excluding hydrogens is 456 g/mol. The predicted molar refractivity (Wildman–Crippen MR) is 127 cm³/mol. The van der Waals surface area contributed by atoms with Gasteiger partial charge in [-0.05, 0) is 31.5 Å². The second-order valence-corrected chi connectivity index (χ2v) is 8.42. The highest BCUT2D eigenvalue weighted by Crippen LogP contribution is 2.44. The summed E-state index contributed by atoms with van der Waals surface area (Å²) >= 11 is 0.965. The Balaban J connectivity index is 1.90. The second kappa shape index (κ2) is 9.48. The summed E-state index contributed by atoms with van der Waals surface area (Å²) in [5.41, 5.74) is 1.30. The highest BCUT2D eigenvalue weighted by atomic mass is 32.1. The van der Waals surface area contributed by atoms with Crippen LogP contribution >= 0.6 is 11.3 Å². The zero-order chi connectivity index (χ0) is 24.4. The average molecular weight is 479 g/mol. The third-order valence-corrected chi connectivity index (χ3v) is 6.51. The van der Waals surface area contributed by atoms with Gasteiger partial charge in [-0.2, -0.15) is 0 Å². The van der Waals surface area contributed by atoms with E-state index in [1.807, 2.05) is 0 Å². The summed E-state index contributed by atoms with van der Waals surface area (Å²) in [7, 11) is 1.53. The fourth-order valence-corrected chi connectivity index (χ4v) is 4.74. The van der Waals surface area contributed by atoms with E-state index in [-0.39, 0.29) is 27.9 Å². The number of aliphatic hydroxyl groups is 1. The van der Waals surface area contributed by atoms with Crippen LogP contribution in [-0.4, -0.2) is 41.5 Å². The summed E-state index contributed by atoms with van der Waals surface area (Å²) in [4.78, 5) is 44.6. The number of aliphatic hydroxyl groups excluding tert-OH is 1. The number of rotatable bonds is 6. The maximum atomic E-state index is 13.2. The van der Waals surface area contributed by atoms with Gasteiger partial charge in [0.2, 0.25) is 0 Å². The van der Waals surface area contributed by atoms with Crippen LogP contribution in [0.2, 0.25) is 0 Å². The van der Waals surface area contributed by atoms with Crippen molar-refractivity contribution < 1.29 is 29.0 Å². The van der Waals surface area contributed by atoms with Gasteiger partial charge in [0, 0.05) is 5.56 Å². The molecule has 1 amide bonds. The normalized spacial score (nSPS) is 17.1. The summed E-state index contributed by atoms with van der Waals surface area (Å²) in [6, 6.07) is 14.4. The Morgan fingerprint density at radius 2 is 1.79 bits per heavy atom. The van der Waals surface area contributed by atoms with Gasteiger partial charge in [0.1, 0.15) is 16.4 Å². The number of aromatic nitrogens is 1. The van der Waals surface area contributed by atoms with Crippen molar-refractivity contribution in [3.05, 3.63) is 81.9 Å². The summed E-state index contributed by atoms with van der Waals surface area (Å²) in [5.74, 6) is -1.93. The maximum Gasteiger partial charge on any atom is 0.350 e. The summed E-state index contributed by atoms with van der Waals surface area (Å²) in [6.45, 7) is 3.52. The van der Waals surface area contributed by atoms with E-state index in [1.165, 1.54) is 12.0 Å². The van der Waals surface area contributed by atoms with E-state index in [0.717, 1.165) is 11.3 Å². The van der Waals surface area contributed by atoms with Crippen LogP contribution in [0.4, 0.5) is 5.13 Å². The minimum absolute atomic E-state index is 0.0631. The Hall–Kier alpha value is -3.98. The fourth-order valence-electron chi connectivity index (χ4n) is 3.75. The van der Waals surface area contributed by atoms with E-state index < -0.39 is 23.7 Å². The molecule has 174 valence electrons. The van der Waals surface area contributed by atoms with Gasteiger partial charge >= 0.3 is 11.9 Å². The highest BCUT2D eigenvalue weighted by molar-refractivity contribution is 7.17. The van der Waals surface area contributed by atoms with Crippen LogP contribution < -0.4 is 9.64 Å². The van der Waals surface area contributed by atoms with Gasteiger partial charge in [-0.15, -0.1) is 0 Å². The molecular formula is C25H22N2O6S. The van der Waals surface area contributed by atoms with E-state index in [9.17, 15) is 19.5 Å². The Bertz CT molecular complexity index is 1280. The number of benzene rings is 2. The van der Waals surface area contributed by atoms with Crippen molar-refractivity contribution in [2.75, 3.05) is 18.6 Å². The average Bonchev–Trinajstić information content (AvgIpc) is 3.36. The molecule has 3 aromatic rings. The highest BCUT2D eigenvalue weighted by Gasteiger charge is 2.48. The number of ketones is 1. The largest absolute Gasteiger partial charge is 0.507 e. The molecule has 2 aromatic carbocycles. The summed E-state index contributed by atoms with van der Waals surface area (Å²) in [5, 5.41) is 11.3. The van der Waals surface area contributed by atoms with Gasteiger partial charge in [0.15, 0.2) is 5.13 Å². The third-order valence-electron chi connectivity index (χ3n) is 5.38. The van der Waals surface area contributed by atoms with E-state index in [4.69, 9.17) is 9.47 Å². The first-order valence-electron chi connectivity index (χ1n) is 10.5. The zero-order valence-corrected chi connectivity index (χ0v) is 19.6. The molecule has 1 aromatic heterocycles. The van der Waals surface area contributed by atoms with Crippen LogP contribution in [-0.2, 0) is 14.3 Å². The van der Waals surface area contributed by atoms with Crippen LogP contribution in [0.25, 0.3) is 5.76 Å². The van der Waals surface area contributed by atoms with Crippen molar-refractivity contribution in [1.82, 2.24) is 4.98 Å². The van der Waals surface area contributed by atoms with Gasteiger partial charge in [-0.3, -0.25) is 14.5 Å². The Kier molecular flexibility index (Phi) is 6.47. The molecule has 2 heterocycles. The molecule has 0 bridgehead atoms. The Morgan fingerprint density at radius 1 is 1.12 bits per heavy atom. The van der Waals surface area contributed by atoms with Crippen molar-refractivity contribution >= 4 is 39.9 Å². The van der Waals surface area contributed by atoms with Crippen LogP contribution in [0.1, 0.15) is 39.5 Å². The number of ether oxygens (including phenoxy) is 2. The molecule has 1 saturated heterocycles. The first-order valence-corrected chi connectivity index (χ1v) is 11.3. The number of esters is 1. The van der Waals surface area contributed by atoms with Crippen LogP contribution in [0.5, 0.6) is 5.75 Å². The molecule has 0 spiro atoms. The molecule has 8 nitrogen and oxygen atoms in total. The first kappa shape index (κ1) is 23.2. The van der Waals surface area contributed by atoms with Gasteiger partial charge in [0.25, 0.3) is 5.78 Å². The van der Waals surface area contributed by atoms with Crippen molar-refractivity contribution in [3.8, 4) is 5.75 Å². The number of carbonyl (C=O) groups excluding carboxylic acids is 3. The topological polar surface area (TPSA) is 106 Å². The number of anilines is 1. The number of Topliss-reactive ketones (excluding diaryl/α,β-unsaturated/α-hetero) is 1. The number of hydrogen-bond donors (Lipinski definition) is 1. The number of carbonyl (C=O) groups is 3. The first-order chi connectivity index (χ1) is 16.4. The Labute approximate surface area is 200 Å². The SMILES string of the molecule is CCOC(=O)c1sc(N2C(=O)C(=O)/C(=C(\O)c3ccccc3)C2c2ccc(OC)cc2)nc1C. The quantitative estimate of drug-likeness (QED) is 0.244. The molecule has 0 aliphatic carbocycles. The number of methoxy groups -OCH3 is 1. The summed E-state index contributed by atoms with van der Waals surface area (Å²) < 4.78 is 10.3. The molecule has 0 saturated carbocycles. The Morgan fingerprint density at radius 3 is 2.41 bits per heavy atom. The van der Waals surface area contributed by atoms with E-state index in [1.54, 1.807) is 68.4 Å². The number of nitrogens with zero attached hydrogens (tertiary/aromatic N) is 2. The lowest BCUT2D eigenvalue weighted by atomic mass is 9.95. The number of thiazole rings is 1. The van der Waals surface area contributed by atoms with E-state index >= 15 is 0 Å². The molecule has 1 unspecified atom stereocenters. The van der Waals surface area contributed by atoms with Crippen molar-refractivity contribution in [2.24, 2.45) is 0 Å². The molecule has 1 aliphatic rings. The van der Waals surface area contributed by atoms with Gasteiger partial charge in [-0.1, -0.05) is 53.8 Å². The molecule has 1 fully saturated rings. The van der Waals surface area contributed by atoms with Crippen molar-refractivity contribution in [3.63, 3.8) is 0 Å². The summed E-state index contributed by atoms with van der Waals surface area (Å²) in [6.07, 6.45) is 0. The minimum atomic E-state index is -0.952. The lowest BCUT2D eigenvalue weighted by Crippen LogP contribution is -2.29. The van der Waals surface area contributed by atoms with Gasteiger partial charge < -0.3 is 14.6 Å². The van der Waals surface area contributed by atoms with Crippen LogP contribution in [0.15, 0.2) is 60.2 Å². The molecule has 4 rings (SSSR count). The standard InChI is InChI=1S/C25H22N2O6S/c1-4-33-24(31)22-14(2)26-25(34-22)27-19(15-10-12-17(32-3)13-11-15)18(21(29)23(27)30)20(28)16-8-6-5-7-9-16/h5-13,19,28H,4H2,1-3H3/b20-18-. The van der Waals surface area contributed by atoms with Crippen molar-refractivity contribution in [2.45, 2.75) is 19.9 Å². The van der Waals surface area contributed by atoms with Crippen LogP contribution in [0, 0.1) is 6.92 Å². The van der Waals surface area contributed by atoms with E-state index in [0.29, 0.717) is 22.6 Å². The second-order valence-electron chi connectivity index (χ2n) is 7.44. The monoisotopic (exact) mass is 478 g/mol. The van der Waals surface area contributed by atoms with E-state index in [2.05, 4.69) is 4.98 Å². The molecule has 1 N–H and O–H groups in total. The van der Waals surface area contributed by atoms with Gasteiger partial charge in [0.05, 0.1) is 31.0 Å².